The maximum atomic E-state index is 12.3. The van der Waals surface area contributed by atoms with Crippen molar-refractivity contribution in [3.8, 4) is 0 Å². The summed E-state index contributed by atoms with van der Waals surface area (Å²) in [5.74, 6) is 0.500. The lowest BCUT2D eigenvalue weighted by atomic mass is 10.1. The van der Waals surface area contributed by atoms with E-state index in [4.69, 9.17) is 15.2 Å². The van der Waals surface area contributed by atoms with E-state index >= 15 is 0 Å². The van der Waals surface area contributed by atoms with Gasteiger partial charge in [0.05, 0.1) is 37.2 Å². The molecule has 1 aromatic heterocycles. The molecule has 1 aromatic rings. The van der Waals surface area contributed by atoms with Crippen LogP contribution in [0.1, 0.15) is 20.8 Å². The van der Waals surface area contributed by atoms with Crippen molar-refractivity contribution in [2.75, 3.05) is 36.9 Å². The van der Waals surface area contributed by atoms with Crippen molar-refractivity contribution in [3.63, 3.8) is 0 Å². The van der Waals surface area contributed by atoms with Crippen molar-refractivity contribution in [2.45, 2.75) is 38.5 Å². The first-order chi connectivity index (χ1) is 10.8. The molecule has 2 saturated heterocycles. The molecule has 126 valence electrons. The number of nitrogens with two attached hydrogens (primary N) is 1. The second kappa shape index (κ2) is 5.88. The molecule has 1 amide bonds. The number of amides is 1. The Labute approximate surface area is 136 Å². The lowest BCUT2D eigenvalue weighted by Gasteiger charge is -2.38. The highest BCUT2D eigenvalue weighted by molar-refractivity contribution is 5.69. The Morgan fingerprint density at radius 2 is 2.17 bits per heavy atom. The van der Waals surface area contributed by atoms with Gasteiger partial charge >= 0.3 is 6.09 Å². The molecule has 2 N–H and O–H groups in total. The Morgan fingerprint density at radius 3 is 2.83 bits per heavy atom. The fraction of sp³-hybridized carbons (Fsp3) is 0.625. The molecule has 23 heavy (non-hydrogen) atoms. The van der Waals surface area contributed by atoms with Gasteiger partial charge in [0.1, 0.15) is 11.4 Å². The minimum absolute atomic E-state index is 0.00572. The number of carbonyl (C=O) groups is 1. The highest BCUT2D eigenvalue weighted by Gasteiger charge is 2.43. The van der Waals surface area contributed by atoms with E-state index in [-0.39, 0.29) is 18.2 Å². The van der Waals surface area contributed by atoms with Crippen LogP contribution in [0.25, 0.3) is 0 Å². The largest absolute Gasteiger partial charge is 0.444 e. The van der Waals surface area contributed by atoms with Crippen LogP contribution in [0, 0.1) is 0 Å². The van der Waals surface area contributed by atoms with Gasteiger partial charge in [0, 0.05) is 13.1 Å². The summed E-state index contributed by atoms with van der Waals surface area (Å²) in [6, 6.07) is 3.86. The van der Waals surface area contributed by atoms with Gasteiger partial charge in [0.2, 0.25) is 0 Å². The van der Waals surface area contributed by atoms with Crippen LogP contribution in [0.15, 0.2) is 18.3 Å². The summed E-state index contributed by atoms with van der Waals surface area (Å²) in [6.07, 6.45) is 1.48. The molecular formula is C16H24N4O3. The van der Waals surface area contributed by atoms with Gasteiger partial charge in [-0.25, -0.2) is 9.78 Å². The van der Waals surface area contributed by atoms with Gasteiger partial charge in [-0.05, 0) is 32.9 Å². The zero-order valence-corrected chi connectivity index (χ0v) is 13.9. The maximum Gasteiger partial charge on any atom is 0.410 e. The van der Waals surface area contributed by atoms with E-state index in [1.54, 1.807) is 17.2 Å². The van der Waals surface area contributed by atoms with Crippen LogP contribution >= 0.6 is 0 Å². The fourth-order valence-electron chi connectivity index (χ4n) is 3.05. The molecule has 7 nitrogen and oxygen atoms in total. The van der Waals surface area contributed by atoms with Gasteiger partial charge in [-0.2, -0.15) is 0 Å². The number of aromatic nitrogens is 1. The predicted octanol–water partition coefficient (Wildman–Crippen LogP) is 1.49. The van der Waals surface area contributed by atoms with Crippen molar-refractivity contribution < 1.29 is 14.3 Å². The minimum Gasteiger partial charge on any atom is -0.444 e. The molecule has 0 radical (unpaired) electrons. The first kappa shape index (κ1) is 15.9. The van der Waals surface area contributed by atoms with E-state index < -0.39 is 5.60 Å². The summed E-state index contributed by atoms with van der Waals surface area (Å²) in [7, 11) is 0. The minimum atomic E-state index is -0.494. The average Bonchev–Trinajstić information content (AvgIpc) is 2.90. The zero-order valence-electron chi connectivity index (χ0n) is 13.9. The van der Waals surface area contributed by atoms with Gasteiger partial charge in [0.15, 0.2) is 0 Å². The first-order valence-corrected chi connectivity index (χ1v) is 7.91. The predicted molar refractivity (Wildman–Crippen MR) is 87.3 cm³/mol. The molecule has 2 atom stereocenters. The molecule has 0 saturated carbocycles. The molecule has 3 rings (SSSR count). The molecule has 0 aromatic carbocycles. The van der Waals surface area contributed by atoms with Gasteiger partial charge < -0.3 is 25.0 Å². The quantitative estimate of drug-likeness (QED) is 0.844. The van der Waals surface area contributed by atoms with Gasteiger partial charge in [0.25, 0.3) is 0 Å². The summed E-state index contributed by atoms with van der Waals surface area (Å²) in [5, 5.41) is 0. The third-order valence-corrected chi connectivity index (χ3v) is 4.06. The van der Waals surface area contributed by atoms with Crippen LogP contribution in [0.3, 0.4) is 0 Å². The maximum absolute atomic E-state index is 12.3. The van der Waals surface area contributed by atoms with Crippen molar-refractivity contribution in [1.82, 2.24) is 9.88 Å². The van der Waals surface area contributed by atoms with Crippen LogP contribution < -0.4 is 10.6 Å². The van der Waals surface area contributed by atoms with E-state index in [1.807, 2.05) is 26.8 Å². The van der Waals surface area contributed by atoms with Gasteiger partial charge in [-0.1, -0.05) is 0 Å². The molecule has 0 bridgehead atoms. The molecule has 3 heterocycles. The number of nitrogen functional groups attached to an aromatic ring is 1. The number of anilines is 2. The second-order valence-electron chi connectivity index (χ2n) is 7.00. The Kier molecular flexibility index (Phi) is 4.06. The molecule has 7 heteroatoms. The number of pyridine rings is 1. The Morgan fingerprint density at radius 1 is 1.39 bits per heavy atom. The van der Waals surface area contributed by atoms with E-state index in [0.717, 1.165) is 12.2 Å². The average molecular weight is 320 g/mol. The van der Waals surface area contributed by atoms with Crippen LogP contribution in [0.2, 0.25) is 0 Å². The lowest BCUT2D eigenvalue weighted by molar-refractivity contribution is 0.0163. The molecule has 2 aliphatic rings. The number of carbonyl (C=O) groups excluding carboxylic acids is 1. The summed E-state index contributed by atoms with van der Waals surface area (Å²) in [4.78, 5) is 20.4. The van der Waals surface area contributed by atoms with Crippen LogP contribution in [-0.4, -0.2) is 60.0 Å². The number of fused-ring (bicyclic) bond motifs is 1. The lowest BCUT2D eigenvalue weighted by Crippen LogP contribution is -2.51. The van der Waals surface area contributed by atoms with Gasteiger partial charge in [-0.15, -0.1) is 0 Å². The summed E-state index contributed by atoms with van der Waals surface area (Å²) in [5.41, 5.74) is 6.17. The Bertz CT molecular complexity index is 570. The first-order valence-electron chi connectivity index (χ1n) is 7.91. The van der Waals surface area contributed by atoms with Crippen molar-refractivity contribution in [1.29, 1.82) is 0 Å². The van der Waals surface area contributed by atoms with E-state index in [0.29, 0.717) is 25.5 Å². The van der Waals surface area contributed by atoms with Gasteiger partial charge in [-0.3, -0.25) is 0 Å². The standard InChI is InChI=1S/C16H24N4O3/c1-16(2,3)23-15(21)19-9-12-13(10-19)22-7-6-20(12)11-4-5-14(17)18-8-11/h4-5,8,12-13H,6-7,9-10H2,1-3H3,(H2,17,18). The molecule has 0 aliphatic carbocycles. The molecule has 2 fully saturated rings. The topological polar surface area (TPSA) is 80.9 Å². The van der Waals surface area contributed by atoms with Crippen molar-refractivity contribution in [2.24, 2.45) is 0 Å². The number of hydrogen-bond donors (Lipinski definition) is 1. The number of ether oxygens (including phenoxy) is 2. The Hall–Kier alpha value is -2.02. The van der Waals surface area contributed by atoms with Crippen molar-refractivity contribution >= 4 is 17.6 Å². The molecule has 2 aliphatic heterocycles. The molecule has 0 spiro atoms. The van der Waals surface area contributed by atoms with E-state index in [2.05, 4.69) is 9.88 Å². The molecular weight excluding hydrogens is 296 g/mol. The number of hydrogen-bond acceptors (Lipinski definition) is 6. The Balaban J connectivity index is 1.72. The van der Waals surface area contributed by atoms with Crippen LogP contribution in [-0.2, 0) is 9.47 Å². The smallest absolute Gasteiger partial charge is 0.410 e. The summed E-state index contributed by atoms with van der Waals surface area (Å²) < 4.78 is 11.3. The molecule has 2 unspecified atom stereocenters. The number of likely N-dealkylation sites (tertiary alicyclic amines) is 1. The SMILES string of the molecule is CC(C)(C)OC(=O)N1CC2OCCN(c3ccc(N)nc3)C2C1. The number of nitrogens with zero attached hydrogens (tertiary/aromatic N) is 3. The highest BCUT2D eigenvalue weighted by Crippen LogP contribution is 2.28. The third-order valence-electron chi connectivity index (χ3n) is 4.06. The fourth-order valence-corrected chi connectivity index (χ4v) is 3.05. The van der Waals surface area contributed by atoms with E-state index in [9.17, 15) is 4.79 Å². The van der Waals surface area contributed by atoms with Crippen molar-refractivity contribution in [3.05, 3.63) is 18.3 Å². The zero-order chi connectivity index (χ0) is 16.6. The van der Waals surface area contributed by atoms with Crippen LogP contribution in [0.5, 0.6) is 0 Å². The summed E-state index contributed by atoms with van der Waals surface area (Å²) in [6.45, 7) is 8.16. The van der Waals surface area contributed by atoms with E-state index in [1.165, 1.54) is 0 Å². The third kappa shape index (κ3) is 3.50. The van der Waals surface area contributed by atoms with Crippen LogP contribution in [0.4, 0.5) is 16.3 Å². The highest BCUT2D eigenvalue weighted by atomic mass is 16.6. The normalized spacial score (nSPS) is 24.5. The number of rotatable bonds is 1. The summed E-state index contributed by atoms with van der Waals surface area (Å²) >= 11 is 0. The monoisotopic (exact) mass is 320 g/mol. The second-order valence-corrected chi connectivity index (χ2v) is 7.00. The number of morpholine rings is 1.